The number of aliphatic carboxylic acids is 1. The summed E-state index contributed by atoms with van der Waals surface area (Å²) in [5, 5.41) is 38.6. The van der Waals surface area contributed by atoms with Gasteiger partial charge in [0.2, 0.25) is 0 Å². The van der Waals surface area contributed by atoms with E-state index in [-0.39, 0.29) is 29.6 Å². The number of nitrogens with zero attached hydrogens (tertiary/aromatic N) is 4. The Bertz CT molecular complexity index is 1230. The van der Waals surface area contributed by atoms with E-state index >= 15 is 0 Å². The molecule has 0 aliphatic carbocycles. The van der Waals surface area contributed by atoms with Gasteiger partial charge in [-0.2, -0.15) is 0 Å². The number of phenols is 2. The summed E-state index contributed by atoms with van der Waals surface area (Å²) in [7, 11) is 1.82. The fourth-order valence-corrected chi connectivity index (χ4v) is 3.41. The van der Waals surface area contributed by atoms with Crippen LogP contribution in [0.3, 0.4) is 0 Å². The quantitative estimate of drug-likeness (QED) is 0.486. The van der Waals surface area contributed by atoms with Gasteiger partial charge in [0, 0.05) is 18.5 Å². The van der Waals surface area contributed by atoms with E-state index in [1.165, 1.54) is 18.2 Å². The molecule has 0 bridgehead atoms. The van der Waals surface area contributed by atoms with Crippen LogP contribution < -0.4 is 0 Å². The zero-order valence-electron chi connectivity index (χ0n) is 14.7. The monoisotopic (exact) mass is 398 g/mol. The Kier molecular flexibility index (Phi) is 4.20. The number of rotatable bonds is 4. The SMILES string of the molecule is Cn1c(Cl)cc2c(-n3c(CC(=O)O)nnc3-c3ccc(O)cc3O)cccc21. The van der Waals surface area contributed by atoms with Crippen molar-refractivity contribution in [2.75, 3.05) is 0 Å². The standard InChI is InChI=1S/C19H15ClN4O4/c1-23-13-3-2-4-14(12(13)8-16(23)20)24-17(9-18(27)28)21-22-19(24)11-6-5-10(25)7-15(11)26/h2-8,25-26H,9H2,1H3,(H,27,28). The number of carboxylic acids is 1. The number of hydrogen-bond acceptors (Lipinski definition) is 5. The van der Waals surface area contributed by atoms with Gasteiger partial charge in [-0.05, 0) is 30.3 Å². The molecule has 0 amide bonds. The first-order valence-electron chi connectivity index (χ1n) is 8.29. The lowest BCUT2D eigenvalue weighted by atomic mass is 10.1. The first-order valence-corrected chi connectivity index (χ1v) is 8.67. The number of halogens is 1. The van der Waals surface area contributed by atoms with Crippen molar-refractivity contribution in [2.45, 2.75) is 6.42 Å². The normalized spacial score (nSPS) is 11.2. The summed E-state index contributed by atoms with van der Waals surface area (Å²) in [6.07, 6.45) is -0.358. The zero-order chi connectivity index (χ0) is 20.0. The maximum Gasteiger partial charge on any atom is 0.311 e. The predicted molar refractivity (Wildman–Crippen MR) is 103 cm³/mol. The number of benzene rings is 2. The van der Waals surface area contributed by atoms with Gasteiger partial charge in [0.05, 0.1) is 16.8 Å². The van der Waals surface area contributed by atoms with Crippen LogP contribution in [0, 0.1) is 0 Å². The number of aromatic nitrogens is 4. The molecule has 3 N–H and O–H groups in total. The number of hydrogen-bond donors (Lipinski definition) is 3. The van der Waals surface area contributed by atoms with Gasteiger partial charge in [0.1, 0.15) is 28.9 Å². The molecule has 0 unspecified atom stereocenters. The third-order valence-corrected chi connectivity index (χ3v) is 4.87. The van der Waals surface area contributed by atoms with Crippen molar-refractivity contribution in [3.63, 3.8) is 0 Å². The van der Waals surface area contributed by atoms with Crippen LogP contribution in [0.4, 0.5) is 0 Å². The molecule has 4 aromatic rings. The van der Waals surface area contributed by atoms with Gasteiger partial charge in [-0.15, -0.1) is 10.2 Å². The Hall–Kier alpha value is -3.52. The molecule has 28 heavy (non-hydrogen) atoms. The highest BCUT2D eigenvalue weighted by Gasteiger charge is 2.22. The highest BCUT2D eigenvalue weighted by atomic mass is 35.5. The minimum absolute atomic E-state index is 0.102. The molecule has 2 aromatic carbocycles. The van der Waals surface area contributed by atoms with Gasteiger partial charge in [-0.25, -0.2) is 0 Å². The Morgan fingerprint density at radius 1 is 1.14 bits per heavy atom. The lowest BCUT2D eigenvalue weighted by Gasteiger charge is -2.12. The second-order valence-electron chi connectivity index (χ2n) is 6.28. The summed E-state index contributed by atoms with van der Waals surface area (Å²) in [4.78, 5) is 11.3. The molecule has 0 saturated heterocycles. The third kappa shape index (κ3) is 2.84. The van der Waals surface area contributed by atoms with Crippen molar-refractivity contribution in [3.8, 4) is 28.6 Å². The van der Waals surface area contributed by atoms with E-state index in [2.05, 4.69) is 10.2 Å². The van der Waals surface area contributed by atoms with Crippen molar-refractivity contribution in [1.82, 2.24) is 19.3 Å². The molecule has 0 radical (unpaired) electrons. The largest absolute Gasteiger partial charge is 0.508 e. The number of phenolic OH excluding ortho intramolecular Hbond substituents is 2. The zero-order valence-corrected chi connectivity index (χ0v) is 15.4. The van der Waals surface area contributed by atoms with Crippen molar-refractivity contribution in [3.05, 3.63) is 53.4 Å². The molecule has 9 heteroatoms. The third-order valence-electron chi connectivity index (χ3n) is 4.51. The molecule has 142 valence electrons. The average molecular weight is 399 g/mol. The van der Waals surface area contributed by atoms with Gasteiger partial charge in [-0.1, -0.05) is 17.7 Å². The minimum atomic E-state index is -1.06. The van der Waals surface area contributed by atoms with Gasteiger partial charge >= 0.3 is 5.97 Å². The summed E-state index contributed by atoms with van der Waals surface area (Å²) in [6.45, 7) is 0. The smallest absolute Gasteiger partial charge is 0.311 e. The summed E-state index contributed by atoms with van der Waals surface area (Å²) in [5.74, 6) is -0.916. The fraction of sp³-hybridized carbons (Fsp3) is 0.105. The molecule has 4 rings (SSSR count). The van der Waals surface area contributed by atoms with E-state index in [4.69, 9.17) is 11.6 Å². The lowest BCUT2D eigenvalue weighted by Crippen LogP contribution is -2.09. The topological polar surface area (TPSA) is 113 Å². The van der Waals surface area contributed by atoms with E-state index in [0.717, 1.165) is 10.9 Å². The molecule has 8 nitrogen and oxygen atoms in total. The lowest BCUT2D eigenvalue weighted by molar-refractivity contribution is -0.136. The Balaban J connectivity index is 2.04. The Morgan fingerprint density at radius 3 is 2.64 bits per heavy atom. The van der Waals surface area contributed by atoms with E-state index < -0.39 is 5.97 Å². The molecule has 0 aliphatic rings. The average Bonchev–Trinajstić information content (AvgIpc) is 3.16. The summed E-state index contributed by atoms with van der Waals surface area (Å²) >= 11 is 6.27. The second-order valence-corrected chi connectivity index (χ2v) is 6.67. The maximum absolute atomic E-state index is 11.3. The minimum Gasteiger partial charge on any atom is -0.508 e. The van der Waals surface area contributed by atoms with Crippen LogP contribution in [0.1, 0.15) is 5.82 Å². The van der Waals surface area contributed by atoms with Crippen LogP contribution >= 0.6 is 11.6 Å². The van der Waals surface area contributed by atoms with Crippen LogP contribution in [0.25, 0.3) is 28.0 Å². The maximum atomic E-state index is 11.3. The van der Waals surface area contributed by atoms with Gasteiger partial charge in [-0.3, -0.25) is 9.36 Å². The Labute approximate surface area is 163 Å². The van der Waals surface area contributed by atoms with Crippen LogP contribution in [-0.4, -0.2) is 40.6 Å². The second kappa shape index (κ2) is 6.58. The Morgan fingerprint density at radius 2 is 1.93 bits per heavy atom. The molecule has 0 aliphatic heterocycles. The number of aryl methyl sites for hydroxylation is 1. The summed E-state index contributed by atoms with van der Waals surface area (Å²) in [6, 6.07) is 11.4. The summed E-state index contributed by atoms with van der Waals surface area (Å²) < 4.78 is 3.39. The molecular weight excluding hydrogens is 384 g/mol. The van der Waals surface area contributed by atoms with Crippen LogP contribution in [0.15, 0.2) is 42.5 Å². The number of fused-ring (bicyclic) bond motifs is 1. The van der Waals surface area contributed by atoms with Crippen molar-refractivity contribution in [1.29, 1.82) is 0 Å². The molecule has 0 spiro atoms. The van der Waals surface area contributed by atoms with Crippen molar-refractivity contribution >= 4 is 28.5 Å². The first-order chi connectivity index (χ1) is 13.4. The van der Waals surface area contributed by atoms with Crippen LogP contribution in [-0.2, 0) is 18.3 Å². The van der Waals surface area contributed by atoms with Gasteiger partial charge in [0.25, 0.3) is 0 Å². The van der Waals surface area contributed by atoms with E-state index in [0.29, 0.717) is 16.4 Å². The van der Waals surface area contributed by atoms with Gasteiger partial charge in [0.15, 0.2) is 5.82 Å². The molecule has 0 atom stereocenters. The van der Waals surface area contributed by atoms with Crippen LogP contribution in [0.2, 0.25) is 5.15 Å². The fourth-order valence-electron chi connectivity index (χ4n) is 3.21. The van der Waals surface area contributed by atoms with Gasteiger partial charge < -0.3 is 19.9 Å². The van der Waals surface area contributed by atoms with Crippen LogP contribution in [0.5, 0.6) is 11.5 Å². The number of carbonyl (C=O) groups is 1. The summed E-state index contributed by atoms with van der Waals surface area (Å²) in [5.41, 5.74) is 1.78. The first kappa shape index (κ1) is 17.9. The molecule has 0 fully saturated rings. The molecular formula is C19H15ClN4O4. The molecule has 2 heterocycles. The van der Waals surface area contributed by atoms with Crippen molar-refractivity contribution in [2.24, 2.45) is 7.05 Å². The van der Waals surface area contributed by atoms with E-state index in [1.54, 1.807) is 21.3 Å². The molecule has 2 aromatic heterocycles. The number of aromatic hydroxyl groups is 2. The van der Waals surface area contributed by atoms with E-state index in [1.807, 2.05) is 19.2 Å². The van der Waals surface area contributed by atoms with Crippen molar-refractivity contribution < 1.29 is 20.1 Å². The molecule has 0 saturated carbocycles. The van der Waals surface area contributed by atoms with E-state index in [9.17, 15) is 20.1 Å². The number of carboxylic acid groups (broad SMARTS) is 1. The predicted octanol–water partition coefficient (Wildman–Crippen LogP) is 3.12. The highest BCUT2D eigenvalue weighted by molar-refractivity contribution is 6.31. The highest BCUT2D eigenvalue weighted by Crippen LogP contribution is 2.35.